The first kappa shape index (κ1) is 20.6. The summed E-state index contributed by atoms with van der Waals surface area (Å²) in [5.74, 6) is 2.50. The van der Waals surface area contributed by atoms with Crippen LogP contribution in [-0.4, -0.2) is 11.5 Å². The fraction of sp³-hybridized carbons (Fsp3) is 0.700. The highest BCUT2D eigenvalue weighted by Gasteiger charge is 1.87. The predicted octanol–water partition coefficient (Wildman–Crippen LogP) is 7.33. The minimum atomic E-state index is 1.09. The smallest absolute Gasteiger partial charge is 0.00330 e. The highest BCUT2D eigenvalue weighted by atomic mass is 32.2. The molecule has 0 aliphatic rings. The van der Waals surface area contributed by atoms with Crippen molar-refractivity contribution in [2.24, 2.45) is 0 Å². The van der Waals surface area contributed by atoms with E-state index in [9.17, 15) is 0 Å². The van der Waals surface area contributed by atoms with Crippen LogP contribution in [0.4, 0.5) is 0 Å². The fourth-order valence-corrected chi connectivity index (χ4v) is 2.71. The summed E-state index contributed by atoms with van der Waals surface area (Å²) in [4.78, 5) is 0. The van der Waals surface area contributed by atoms with Crippen molar-refractivity contribution in [3.05, 3.63) is 36.5 Å². The van der Waals surface area contributed by atoms with Gasteiger partial charge in [0.15, 0.2) is 0 Å². The van der Waals surface area contributed by atoms with Gasteiger partial charge >= 0.3 is 0 Å². The van der Waals surface area contributed by atoms with Crippen molar-refractivity contribution >= 4 is 11.8 Å². The van der Waals surface area contributed by atoms with E-state index in [4.69, 9.17) is 0 Å². The Morgan fingerprint density at radius 3 is 1.86 bits per heavy atom. The molecule has 0 radical (unpaired) electrons. The van der Waals surface area contributed by atoms with E-state index >= 15 is 0 Å². The molecule has 21 heavy (non-hydrogen) atoms. The van der Waals surface area contributed by atoms with E-state index in [0.29, 0.717) is 0 Å². The molecule has 0 aromatic carbocycles. The van der Waals surface area contributed by atoms with Crippen LogP contribution in [0.5, 0.6) is 0 Å². The monoisotopic (exact) mass is 308 g/mol. The number of thioether (sulfide) groups is 1. The van der Waals surface area contributed by atoms with Gasteiger partial charge in [0.1, 0.15) is 0 Å². The van der Waals surface area contributed by atoms with Crippen LogP contribution in [0.25, 0.3) is 0 Å². The average Bonchev–Trinajstić information content (AvgIpc) is 2.50. The summed E-state index contributed by atoms with van der Waals surface area (Å²) in [6.45, 7) is 4.49. The Morgan fingerprint density at radius 2 is 1.19 bits per heavy atom. The Kier molecular flexibility index (Phi) is 19.2. The van der Waals surface area contributed by atoms with Crippen LogP contribution in [0.1, 0.15) is 78.1 Å². The molecule has 0 bridgehead atoms. The van der Waals surface area contributed by atoms with Gasteiger partial charge in [-0.25, -0.2) is 0 Å². The molecule has 0 fully saturated rings. The molecule has 0 amide bonds. The first-order valence-electron chi connectivity index (χ1n) is 8.94. The van der Waals surface area contributed by atoms with Crippen molar-refractivity contribution in [1.29, 1.82) is 0 Å². The van der Waals surface area contributed by atoms with Crippen LogP contribution in [0, 0.1) is 0 Å². The van der Waals surface area contributed by atoms with Crippen molar-refractivity contribution in [3.8, 4) is 0 Å². The molecule has 1 heteroatoms. The number of unbranched alkanes of at least 4 members (excludes halogenated alkanes) is 6. The van der Waals surface area contributed by atoms with Gasteiger partial charge in [0.05, 0.1) is 0 Å². The lowest BCUT2D eigenvalue weighted by Crippen LogP contribution is -1.77. The Morgan fingerprint density at radius 1 is 0.619 bits per heavy atom. The third-order valence-corrected chi connectivity index (χ3v) is 4.33. The summed E-state index contributed by atoms with van der Waals surface area (Å²) in [5.41, 5.74) is 0. The number of hydrogen-bond acceptors (Lipinski definition) is 1. The Balaban J connectivity index is 3.24. The second-order valence-corrected chi connectivity index (χ2v) is 6.82. The lowest BCUT2D eigenvalue weighted by atomic mass is 10.1. The summed E-state index contributed by atoms with van der Waals surface area (Å²) < 4.78 is 0. The molecule has 0 heterocycles. The van der Waals surface area contributed by atoms with Crippen LogP contribution in [0.15, 0.2) is 36.5 Å². The molecule has 0 aromatic rings. The van der Waals surface area contributed by atoms with Crippen molar-refractivity contribution in [1.82, 2.24) is 0 Å². The van der Waals surface area contributed by atoms with Gasteiger partial charge in [-0.3, -0.25) is 0 Å². The molecule has 0 nitrogen and oxygen atoms in total. The molecule has 0 aliphatic carbocycles. The molecule has 0 spiro atoms. The van der Waals surface area contributed by atoms with Crippen LogP contribution in [0.3, 0.4) is 0 Å². The predicted molar refractivity (Wildman–Crippen MR) is 102 cm³/mol. The van der Waals surface area contributed by atoms with Crippen molar-refractivity contribution < 1.29 is 0 Å². The quantitative estimate of drug-likeness (QED) is 0.225. The van der Waals surface area contributed by atoms with Gasteiger partial charge in [-0.15, -0.1) is 0 Å². The van der Waals surface area contributed by atoms with E-state index in [0.717, 1.165) is 12.8 Å². The molecule has 0 saturated heterocycles. The van der Waals surface area contributed by atoms with Crippen LogP contribution < -0.4 is 0 Å². The van der Waals surface area contributed by atoms with Crippen LogP contribution >= 0.6 is 11.8 Å². The van der Waals surface area contributed by atoms with Gasteiger partial charge < -0.3 is 0 Å². The zero-order valence-electron chi connectivity index (χ0n) is 14.4. The van der Waals surface area contributed by atoms with Crippen LogP contribution in [0.2, 0.25) is 0 Å². The Bertz CT molecular complexity index is 263. The van der Waals surface area contributed by atoms with E-state index in [1.807, 2.05) is 11.8 Å². The molecule has 0 unspecified atom stereocenters. The van der Waals surface area contributed by atoms with Crippen molar-refractivity contribution in [2.75, 3.05) is 11.5 Å². The van der Waals surface area contributed by atoms with Gasteiger partial charge in [0, 0.05) is 0 Å². The largest absolute Gasteiger partial charge is 0.162 e. The SMILES string of the molecule is CCCCCCCC/C=C\C/C=C\C/C=C\CCSCC. The fourth-order valence-electron chi connectivity index (χ4n) is 2.12. The number of rotatable bonds is 15. The molecule has 0 rings (SSSR count). The second-order valence-electron chi connectivity index (χ2n) is 5.43. The summed E-state index contributed by atoms with van der Waals surface area (Å²) in [7, 11) is 0. The highest BCUT2D eigenvalue weighted by molar-refractivity contribution is 7.99. The Labute approximate surface area is 138 Å². The third-order valence-electron chi connectivity index (χ3n) is 3.40. The van der Waals surface area contributed by atoms with Crippen molar-refractivity contribution in [2.45, 2.75) is 78.1 Å². The molecule has 0 aliphatic heterocycles. The normalized spacial score (nSPS) is 12.3. The molecule has 0 saturated carbocycles. The minimum absolute atomic E-state index is 1.09. The van der Waals surface area contributed by atoms with Gasteiger partial charge in [-0.2, -0.15) is 11.8 Å². The van der Waals surface area contributed by atoms with E-state index in [1.54, 1.807) is 0 Å². The maximum atomic E-state index is 2.35. The third kappa shape index (κ3) is 19.6. The lowest BCUT2D eigenvalue weighted by molar-refractivity contribution is 0.611. The van der Waals surface area contributed by atoms with Gasteiger partial charge in [-0.05, 0) is 43.6 Å². The zero-order valence-corrected chi connectivity index (χ0v) is 15.2. The maximum absolute atomic E-state index is 2.35. The number of hydrogen-bond donors (Lipinski definition) is 0. The summed E-state index contributed by atoms with van der Waals surface area (Å²) >= 11 is 2.02. The lowest BCUT2D eigenvalue weighted by Gasteiger charge is -1.97. The molecule has 0 atom stereocenters. The zero-order chi connectivity index (χ0) is 15.4. The van der Waals surface area contributed by atoms with Gasteiger partial charge in [0.2, 0.25) is 0 Å². The molecule has 0 N–H and O–H groups in total. The first-order chi connectivity index (χ1) is 10.4. The Hall–Kier alpha value is -0.430. The topological polar surface area (TPSA) is 0 Å². The summed E-state index contributed by atoms with van der Waals surface area (Å²) in [6, 6.07) is 0. The second kappa shape index (κ2) is 19.6. The standard InChI is InChI=1S/C20H36S/c1-3-5-6-7-8-9-10-11-12-13-14-15-16-17-18-19-20-21-4-2/h11-12,14-15,17-18H,3-10,13,16,19-20H2,1-2H3/b12-11-,15-14-,18-17-. The van der Waals surface area contributed by atoms with E-state index in [2.05, 4.69) is 50.3 Å². The molecular weight excluding hydrogens is 272 g/mol. The first-order valence-corrected chi connectivity index (χ1v) is 10.1. The van der Waals surface area contributed by atoms with E-state index < -0.39 is 0 Å². The maximum Gasteiger partial charge on any atom is -0.00330 e. The summed E-state index contributed by atoms with van der Waals surface area (Å²) in [6.07, 6.45) is 26.8. The summed E-state index contributed by atoms with van der Waals surface area (Å²) in [5, 5.41) is 0. The van der Waals surface area contributed by atoms with Crippen LogP contribution in [-0.2, 0) is 0 Å². The molecule has 0 aromatic heterocycles. The van der Waals surface area contributed by atoms with Crippen molar-refractivity contribution in [3.63, 3.8) is 0 Å². The molecule has 122 valence electrons. The minimum Gasteiger partial charge on any atom is -0.162 e. The van der Waals surface area contributed by atoms with E-state index in [-0.39, 0.29) is 0 Å². The van der Waals surface area contributed by atoms with E-state index in [1.165, 1.54) is 62.9 Å². The van der Waals surface area contributed by atoms with Gasteiger partial charge in [-0.1, -0.05) is 82.4 Å². The number of allylic oxidation sites excluding steroid dienone is 6. The molecular formula is C20H36S. The highest BCUT2D eigenvalue weighted by Crippen LogP contribution is 2.07. The van der Waals surface area contributed by atoms with Gasteiger partial charge in [0.25, 0.3) is 0 Å². The average molecular weight is 309 g/mol.